The number of carbonyl (C=O) groups is 2. The number of aliphatic carboxylic acids is 1. The van der Waals surface area contributed by atoms with Gasteiger partial charge in [0.05, 0.1) is 28.9 Å². The van der Waals surface area contributed by atoms with Crippen molar-refractivity contribution in [1.29, 1.82) is 5.26 Å². The highest BCUT2D eigenvalue weighted by Crippen LogP contribution is 2.49. The van der Waals surface area contributed by atoms with Crippen LogP contribution < -0.4 is 9.47 Å². The highest BCUT2D eigenvalue weighted by molar-refractivity contribution is 8.03. The summed E-state index contributed by atoms with van der Waals surface area (Å²) >= 11 is 3.27. The van der Waals surface area contributed by atoms with Crippen LogP contribution in [-0.4, -0.2) is 30.7 Å². The van der Waals surface area contributed by atoms with Gasteiger partial charge in [-0.3, -0.25) is 9.59 Å². The lowest BCUT2D eigenvalue weighted by Gasteiger charge is -2.32. The molecule has 2 aromatic carbocycles. The van der Waals surface area contributed by atoms with E-state index >= 15 is 0 Å². The van der Waals surface area contributed by atoms with Crippen LogP contribution in [0.3, 0.4) is 0 Å². The van der Waals surface area contributed by atoms with Gasteiger partial charge in [0, 0.05) is 17.0 Å². The quantitative estimate of drug-likeness (QED) is 0.171. The number of carbonyl (C=O) groups excluding carboxylic acids is 1. The van der Waals surface area contributed by atoms with Gasteiger partial charge < -0.3 is 14.7 Å². The van der Waals surface area contributed by atoms with E-state index in [4.69, 9.17) is 4.74 Å². The highest BCUT2D eigenvalue weighted by Gasteiger charge is 2.33. The third-order valence-electron chi connectivity index (χ3n) is 7.26. The minimum atomic E-state index is -0.843. The molecule has 2 heterocycles. The van der Waals surface area contributed by atoms with E-state index in [-0.39, 0.29) is 18.4 Å². The number of thioether (sulfide) groups is 1. The molecule has 2 aliphatic rings. The Morgan fingerprint density at radius 3 is 2.78 bits per heavy atom. The smallest absolute Gasteiger partial charge is 0.309 e. The summed E-state index contributed by atoms with van der Waals surface area (Å²) in [5.74, 6) is -0.843. The molecular weight excluding hydrogens is 555 g/mol. The second-order valence-corrected chi connectivity index (χ2v) is 13.2. The van der Waals surface area contributed by atoms with Crippen molar-refractivity contribution in [2.24, 2.45) is 5.41 Å². The molecule has 0 spiro atoms. The number of anilines is 1. The molecule has 7 nitrogen and oxygen atoms in total. The number of nitriles is 1. The first kappa shape index (κ1) is 28.7. The van der Waals surface area contributed by atoms with E-state index in [1.165, 1.54) is 0 Å². The summed E-state index contributed by atoms with van der Waals surface area (Å²) in [6.07, 6.45) is 5.71. The Morgan fingerprint density at radius 2 is 2.02 bits per heavy atom. The Bertz CT molecular complexity index is 1660. The molecule has 1 aliphatic heterocycles. The van der Waals surface area contributed by atoms with E-state index in [0.29, 0.717) is 25.1 Å². The van der Waals surface area contributed by atoms with Gasteiger partial charge in [-0.2, -0.15) is 9.83 Å². The Morgan fingerprint density at radius 1 is 1.22 bits per heavy atom. The zero-order chi connectivity index (χ0) is 29.1. The Balaban J connectivity index is 1.60. The first-order valence-corrected chi connectivity index (χ1v) is 15.1. The molecule has 0 bridgehead atoms. The number of nitrogens with zero attached hydrogens (tertiary/aromatic N) is 3. The second-order valence-electron chi connectivity index (χ2n) is 11.1. The molecule has 0 amide bonds. The number of benzene rings is 2. The van der Waals surface area contributed by atoms with Crippen LogP contribution in [0.15, 0.2) is 75.2 Å². The second kappa shape index (κ2) is 11.9. The number of allylic oxidation sites excluding steroid dienone is 4. The van der Waals surface area contributed by atoms with Crippen LogP contribution in [0.2, 0.25) is 0 Å². The summed E-state index contributed by atoms with van der Waals surface area (Å²) in [5, 5.41) is 21.8. The number of carboxylic acid groups (broad SMARTS) is 1. The molecule has 3 aromatic rings. The predicted octanol–water partition coefficient (Wildman–Crippen LogP) is 6.62. The van der Waals surface area contributed by atoms with Crippen molar-refractivity contribution < 1.29 is 24.0 Å². The third-order valence-corrected chi connectivity index (χ3v) is 9.48. The summed E-state index contributed by atoms with van der Waals surface area (Å²) in [4.78, 5) is 25.5. The van der Waals surface area contributed by atoms with Crippen molar-refractivity contribution >= 4 is 57.5 Å². The van der Waals surface area contributed by atoms with Crippen LogP contribution in [0.25, 0.3) is 16.3 Å². The van der Waals surface area contributed by atoms with E-state index in [1.807, 2.05) is 24.3 Å². The van der Waals surface area contributed by atoms with Gasteiger partial charge in [0.2, 0.25) is 5.52 Å². The van der Waals surface area contributed by atoms with Gasteiger partial charge in [-0.05, 0) is 66.2 Å². The minimum Gasteiger partial charge on any atom is -0.481 e. The molecule has 5 rings (SSSR count). The molecule has 210 valence electrons. The van der Waals surface area contributed by atoms with Gasteiger partial charge in [-0.1, -0.05) is 55.1 Å². The van der Waals surface area contributed by atoms with Crippen LogP contribution >= 0.6 is 23.1 Å². The number of hydrogen-bond donors (Lipinski definition) is 1. The zero-order valence-corrected chi connectivity index (χ0v) is 25.0. The van der Waals surface area contributed by atoms with E-state index in [2.05, 4.69) is 66.7 Å². The van der Waals surface area contributed by atoms with Crippen LogP contribution in [0.1, 0.15) is 43.7 Å². The fourth-order valence-electron chi connectivity index (χ4n) is 5.50. The largest absolute Gasteiger partial charge is 0.481 e. The van der Waals surface area contributed by atoms with Crippen molar-refractivity contribution in [1.82, 2.24) is 0 Å². The third kappa shape index (κ3) is 6.24. The highest BCUT2D eigenvalue weighted by atomic mass is 32.2. The maximum Gasteiger partial charge on any atom is 0.309 e. The SMILES string of the molecule is Cc1ccc2c(c1)N(CCOC=O)/C(=C/C1=C(C#N)C(=C/c3sc4ccccc4[n+]3CCC(=O)O)/CC(C)(C)C1)S2. The monoisotopic (exact) mass is 586 g/mol. The summed E-state index contributed by atoms with van der Waals surface area (Å²) in [6.45, 7) is 8.09. The van der Waals surface area contributed by atoms with Crippen molar-refractivity contribution in [3.63, 3.8) is 0 Å². The van der Waals surface area contributed by atoms with Crippen molar-refractivity contribution in [2.75, 3.05) is 18.1 Å². The lowest BCUT2D eigenvalue weighted by atomic mass is 9.72. The molecule has 9 heteroatoms. The van der Waals surface area contributed by atoms with Gasteiger partial charge in [0.15, 0.2) is 6.54 Å². The van der Waals surface area contributed by atoms with Crippen LogP contribution in [0.4, 0.5) is 5.69 Å². The molecule has 0 atom stereocenters. The number of carboxylic acids is 1. The Labute approximate surface area is 248 Å². The Hall–Kier alpha value is -3.87. The van der Waals surface area contributed by atoms with Crippen molar-refractivity contribution in [2.45, 2.75) is 51.5 Å². The van der Waals surface area contributed by atoms with Gasteiger partial charge in [-0.15, -0.1) is 0 Å². The van der Waals surface area contributed by atoms with Crippen LogP contribution in [0, 0.1) is 23.7 Å². The summed E-state index contributed by atoms with van der Waals surface area (Å²) < 4.78 is 8.17. The fourth-order valence-corrected chi connectivity index (χ4v) is 7.80. The molecule has 0 fully saturated rings. The standard InChI is InChI=1S/C32H31N3O4S2/c1-21-8-9-28-26(14-21)35(12-13-39-20-36)30(41-28)16-23-18-32(2,3)17-22(24(23)19-33)15-29-34(11-10-31(37)38)25-6-4-5-7-27(25)40-29/h4-9,14-16,20H,10-13,17-18H2,1-3H3/p+1. The lowest BCUT2D eigenvalue weighted by Crippen LogP contribution is -2.36. The van der Waals surface area contributed by atoms with E-state index in [1.54, 1.807) is 23.1 Å². The average Bonchev–Trinajstić information content (AvgIpc) is 3.43. The summed E-state index contributed by atoms with van der Waals surface area (Å²) in [6, 6.07) is 16.8. The maximum absolute atomic E-state index is 11.4. The van der Waals surface area contributed by atoms with E-state index in [9.17, 15) is 20.0 Å². The topological polar surface area (TPSA) is 94.5 Å². The fraction of sp³-hybridized carbons (Fsp3) is 0.312. The molecule has 1 aliphatic carbocycles. The van der Waals surface area contributed by atoms with Crippen molar-refractivity contribution in [3.8, 4) is 6.07 Å². The molecule has 0 unspecified atom stereocenters. The van der Waals surface area contributed by atoms with Gasteiger partial charge in [-0.25, -0.2) is 0 Å². The Kier molecular flexibility index (Phi) is 8.34. The number of para-hydroxylation sites is 1. The molecule has 0 radical (unpaired) electrons. The molecule has 1 aromatic heterocycles. The molecule has 0 saturated carbocycles. The first-order valence-electron chi connectivity index (χ1n) is 13.5. The molecule has 1 N–H and O–H groups in total. The maximum atomic E-state index is 11.4. The van der Waals surface area contributed by atoms with Crippen molar-refractivity contribution in [3.05, 3.63) is 80.9 Å². The average molecular weight is 587 g/mol. The van der Waals surface area contributed by atoms with Gasteiger partial charge >= 0.3 is 5.97 Å². The lowest BCUT2D eigenvalue weighted by molar-refractivity contribution is -0.667. The molecule has 41 heavy (non-hydrogen) atoms. The van der Waals surface area contributed by atoms with Crippen LogP contribution in [0.5, 0.6) is 0 Å². The number of hydrogen-bond acceptors (Lipinski definition) is 7. The summed E-state index contributed by atoms with van der Waals surface area (Å²) in [7, 11) is 0. The number of aryl methyl sites for hydroxylation is 2. The number of fused-ring (bicyclic) bond motifs is 2. The molecular formula is C32H32N3O4S2+. The van der Waals surface area contributed by atoms with E-state index in [0.717, 1.165) is 60.4 Å². The number of rotatable bonds is 9. The normalized spacial score (nSPS) is 18.1. The zero-order valence-electron chi connectivity index (χ0n) is 23.3. The number of ether oxygens (including phenoxy) is 1. The van der Waals surface area contributed by atoms with Gasteiger partial charge in [0.25, 0.3) is 11.5 Å². The summed E-state index contributed by atoms with van der Waals surface area (Å²) in [5.41, 5.74) is 5.72. The predicted molar refractivity (Wildman–Crippen MR) is 162 cm³/mol. The first-order chi connectivity index (χ1) is 19.7. The van der Waals surface area contributed by atoms with E-state index < -0.39 is 5.97 Å². The van der Waals surface area contributed by atoms with Gasteiger partial charge in [0.1, 0.15) is 17.7 Å². The molecule has 0 saturated heterocycles. The minimum absolute atomic E-state index is 0.0201. The number of aromatic nitrogens is 1. The number of thiazole rings is 1. The van der Waals surface area contributed by atoms with Crippen LogP contribution in [-0.2, 0) is 20.9 Å².